The summed E-state index contributed by atoms with van der Waals surface area (Å²) in [6.07, 6.45) is 0. The molecule has 2 rings (SSSR count). The second kappa shape index (κ2) is 5.13. The molecule has 6 nitrogen and oxygen atoms in total. The van der Waals surface area contributed by atoms with Gasteiger partial charge in [-0.05, 0) is 0 Å². The molecular formula is C12H11N3O3. The van der Waals surface area contributed by atoms with Gasteiger partial charge in [0.25, 0.3) is 5.56 Å². The maximum absolute atomic E-state index is 11.4. The molecule has 18 heavy (non-hydrogen) atoms. The van der Waals surface area contributed by atoms with Crippen molar-refractivity contribution < 1.29 is 9.90 Å². The van der Waals surface area contributed by atoms with Crippen LogP contribution in [0, 0.1) is 0 Å². The Hall–Kier alpha value is -2.63. The summed E-state index contributed by atoms with van der Waals surface area (Å²) in [7, 11) is 0. The lowest BCUT2D eigenvalue weighted by Crippen LogP contribution is -2.18. The maximum Gasteiger partial charge on any atom is 0.322 e. The molecular weight excluding hydrogens is 234 g/mol. The average Bonchev–Trinajstić information content (AvgIpc) is 2.37. The molecule has 0 aliphatic heterocycles. The van der Waals surface area contributed by atoms with Crippen molar-refractivity contribution in [2.75, 3.05) is 11.9 Å². The molecule has 0 radical (unpaired) electrons. The van der Waals surface area contributed by atoms with Gasteiger partial charge in [0.1, 0.15) is 6.54 Å². The Balaban J connectivity index is 2.32. The zero-order chi connectivity index (χ0) is 13.0. The van der Waals surface area contributed by atoms with Crippen molar-refractivity contribution in [2.45, 2.75) is 0 Å². The summed E-state index contributed by atoms with van der Waals surface area (Å²) in [5.74, 6) is -0.883. The normalized spacial score (nSPS) is 10.0. The zero-order valence-corrected chi connectivity index (χ0v) is 9.38. The SMILES string of the molecule is O=C(O)CNc1nc(-c2ccccc2)cc(=O)[nH]1. The number of aliphatic carboxylic acids is 1. The van der Waals surface area contributed by atoms with Crippen molar-refractivity contribution >= 4 is 11.9 Å². The molecule has 0 saturated heterocycles. The van der Waals surface area contributed by atoms with Crippen molar-refractivity contribution in [1.82, 2.24) is 9.97 Å². The van der Waals surface area contributed by atoms with E-state index in [1.54, 1.807) is 0 Å². The molecule has 0 aliphatic carbocycles. The number of carboxylic acid groups (broad SMARTS) is 1. The van der Waals surface area contributed by atoms with E-state index in [0.717, 1.165) is 5.56 Å². The van der Waals surface area contributed by atoms with E-state index < -0.39 is 5.97 Å². The maximum atomic E-state index is 11.4. The Morgan fingerprint density at radius 2 is 2.06 bits per heavy atom. The number of benzene rings is 1. The van der Waals surface area contributed by atoms with Crippen LogP contribution in [0.4, 0.5) is 5.95 Å². The van der Waals surface area contributed by atoms with Crippen molar-refractivity contribution in [1.29, 1.82) is 0 Å². The highest BCUT2D eigenvalue weighted by molar-refractivity contribution is 5.72. The number of aromatic amines is 1. The Bertz CT molecular complexity index is 607. The first-order chi connectivity index (χ1) is 8.65. The van der Waals surface area contributed by atoms with E-state index in [4.69, 9.17) is 5.11 Å². The number of aromatic nitrogens is 2. The number of carboxylic acids is 1. The summed E-state index contributed by atoms with van der Waals surface area (Å²) in [4.78, 5) is 28.5. The summed E-state index contributed by atoms with van der Waals surface area (Å²) in [6, 6.07) is 10.5. The van der Waals surface area contributed by atoms with Crippen molar-refractivity contribution in [3.05, 3.63) is 46.8 Å². The van der Waals surface area contributed by atoms with Gasteiger partial charge in [0.15, 0.2) is 0 Å². The number of hydrogen-bond acceptors (Lipinski definition) is 4. The molecule has 0 fully saturated rings. The second-order valence-corrected chi connectivity index (χ2v) is 3.59. The van der Waals surface area contributed by atoms with Gasteiger partial charge in [0, 0.05) is 11.6 Å². The van der Waals surface area contributed by atoms with Gasteiger partial charge in [-0.2, -0.15) is 0 Å². The molecule has 6 heteroatoms. The van der Waals surface area contributed by atoms with E-state index in [2.05, 4.69) is 15.3 Å². The van der Waals surface area contributed by atoms with Crippen molar-refractivity contribution in [3.63, 3.8) is 0 Å². The summed E-state index contributed by atoms with van der Waals surface area (Å²) < 4.78 is 0. The Labute approximate surface area is 102 Å². The van der Waals surface area contributed by atoms with Crippen LogP contribution in [-0.2, 0) is 4.79 Å². The van der Waals surface area contributed by atoms with Crippen LogP contribution in [0.15, 0.2) is 41.2 Å². The molecule has 1 aromatic carbocycles. The number of carbonyl (C=O) groups is 1. The molecule has 0 bridgehead atoms. The minimum Gasteiger partial charge on any atom is -0.480 e. The molecule has 3 N–H and O–H groups in total. The number of anilines is 1. The fraction of sp³-hybridized carbons (Fsp3) is 0.0833. The Morgan fingerprint density at radius 3 is 2.72 bits per heavy atom. The third-order valence-electron chi connectivity index (χ3n) is 2.22. The Kier molecular flexibility index (Phi) is 3.38. The zero-order valence-electron chi connectivity index (χ0n) is 9.38. The van der Waals surface area contributed by atoms with Gasteiger partial charge in [-0.3, -0.25) is 14.6 Å². The van der Waals surface area contributed by atoms with Crippen molar-refractivity contribution in [2.24, 2.45) is 0 Å². The lowest BCUT2D eigenvalue weighted by atomic mass is 10.1. The van der Waals surface area contributed by atoms with Gasteiger partial charge in [-0.1, -0.05) is 30.3 Å². The molecule has 1 aromatic heterocycles. The quantitative estimate of drug-likeness (QED) is 0.744. The number of hydrogen-bond donors (Lipinski definition) is 3. The lowest BCUT2D eigenvalue weighted by Gasteiger charge is -2.05. The lowest BCUT2D eigenvalue weighted by molar-refractivity contribution is -0.134. The third kappa shape index (κ3) is 2.94. The van der Waals surface area contributed by atoms with E-state index in [1.165, 1.54) is 6.07 Å². The van der Waals surface area contributed by atoms with Crippen LogP contribution in [0.2, 0.25) is 0 Å². The first kappa shape index (κ1) is 11.8. The molecule has 0 atom stereocenters. The summed E-state index contributed by atoms with van der Waals surface area (Å²) in [6.45, 7) is -0.304. The highest BCUT2D eigenvalue weighted by Gasteiger charge is 2.04. The van der Waals surface area contributed by atoms with Gasteiger partial charge >= 0.3 is 5.97 Å². The van der Waals surface area contributed by atoms with E-state index in [-0.39, 0.29) is 18.1 Å². The molecule has 92 valence electrons. The van der Waals surface area contributed by atoms with Crippen LogP contribution < -0.4 is 10.9 Å². The van der Waals surface area contributed by atoms with E-state index in [9.17, 15) is 9.59 Å². The molecule has 0 amide bonds. The second-order valence-electron chi connectivity index (χ2n) is 3.59. The monoisotopic (exact) mass is 245 g/mol. The first-order valence-electron chi connectivity index (χ1n) is 5.27. The van der Waals surface area contributed by atoms with Gasteiger partial charge in [-0.25, -0.2) is 4.98 Å². The van der Waals surface area contributed by atoms with Crippen LogP contribution in [0.1, 0.15) is 0 Å². The predicted octanol–water partition coefficient (Wildman–Crippen LogP) is 0.933. The van der Waals surface area contributed by atoms with Crippen molar-refractivity contribution in [3.8, 4) is 11.3 Å². The molecule has 1 heterocycles. The smallest absolute Gasteiger partial charge is 0.322 e. The average molecular weight is 245 g/mol. The number of H-pyrrole nitrogens is 1. The molecule has 0 unspecified atom stereocenters. The topological polar surface area (TPSA) is 95.1 Å². The number of rotatable bonds is 4. The summed E-state index contributed by atoms with van der Waals surface area (Å²) in [5, 5.41) is 11.1. The summed E-state index contributed by atoms with van der Waals surface area (Å²) >= 11 is 0. The van der Waals surface area contributed by atoms with E-state index >= 15 is 0 Å². The van der Waals surface area contributed by atoms with E-state index in [0.29, 0.717) is 5.69 Å². The fourth-order valence-electron chi connectivity index (χ4n) is 1.46. The van der Waals surface area contributed by atoms with Crippen LogP contribution in [0.5, 0.6) is 0 Å². The standard InChI is InChI=1S/C12H11N3O3/c16-10-6-9(8-4-2-1-3-5-8)14-12(15-10)13-7-11(17)18/h1-6H,7H2,(H,17,18)(H2,13,14,15,16). The minimum atomic E-state index is -1.03. The third-order valence-corrected chi connectivity index (χ3v) is 2.22. The highest BCUT2D eigenvalue weighted by atomic mass is 16.4. The van der Waals surface area contributed by atoms with Crippen LogP contribution >= 0.6 is 0 Å². The number of nitrogens with zero attached hydrogens (tertiary/aromatic N) is 1. The van der Waals surface area contributed by atoms with Crippen LogP contribution in [-0.4, -0.2) is 27.6 Å². The van der Waals surface area contributed by atoms with Gasteiger partial charge < -0.3 is 10.4 Å². The largest absolute Gasteiger partial charge is 0.480 e. The van der Waals surface area contributed by atoms with Gasteiger partial charge in [0.2, 0.25) is 5.95 Å². The van der Waals surface area contributed by atoms with Gasteiger partial charge in [0.05, 0.1) is 5.69 Å². The fourth-order valence-corrected chi connectivity index (χ4v) is 1.46. The predicted molar refractivity (Wildman–Crippen MR) is 66.4 cm³/mol. The van der Waals surface area contributed by atoms with Crippen LogP contribution in [0.25, 0.3) is 11.3 Å². The molecule has 2 aromatic rings. The highest BCUT2D eigenvalue weighted by Crippen LogP contribution is 2.15. The first-order valence-corrected chi connectivity index (χ1v) is 5.27. The van der Waals surface area contributed by atoms with Gasteiger partial charge in [-0.15, -0.1) is 0 Å². The molecule has 0 spiro atoms. The van der Waals surface area contributed by atoms with Crippen LogP contribution in [0.3, 0.4) is 0 Å². The minimum absolute atomic E-state index is 0.142. The summed E-state index contributed by atoms with van der Waals surface area (Å²) in [5.41, 5.74) is 0.950. The molecule has 0 aliphatic rings. The molecule has 0 saturated carbocycles. The Morgan fingerprint density at radius 1 is 1.33 bits per heavy atom. The van der Waals surface area contributed by atoms with E-state index in [1.807, 2.05) is 30.3 Å². The number of nitrogens with one attached hydrogen (secondary N) is 2.